The van der Waals surface area contributed by atoms with Gasteiger partial charge in [0.1, 0.15) is 17.2 Å². The van der Waals surface area contributed by atoms with Gasteiger partial charge in [0.05, 0.1) is 5.52 Å². The number of alkyl carbamates (subject to hydrolysis) is 1. The van der Waals surface area contributed by atoms with Crippen molar-refractivity contribution in [1.82, 2.24) is 19.7 Å². The number of unbranched alkanes of at least 4 members (excludes halogenated alkanes) is 1. The minimum Gasteiger partial charge on any atom is -0.444 e. The van der Waals surface area contributed by atoms with Gasteiger partial charge >= 0.3 is 12.2 Å². The highest BCUT2D eigenvalue weighted by Crippen LogP contribution is 2.23. The van der Waals surface area contributed by atoms with Crippen LogP contribution in [-0.2, 0) is 15.9 Å². The summed E-state index contributed by atoms with van der Waals surface area (Å²) in [4.78, 5) is 42.3. The zero-order valence-corrected chi connectivity index (χ0v) is 24.6. The fourth-order valence-corrected chi connectivity index (χ4v) is 3.98. The van der Waals surface area contributed by atoms with E-state index in [0.717, 1.165) is 29.4 Å². The fourth-order valence-electron chi connectivity index (χ4n) is 3.98. The number of benzene rings is 1. The van der Waals surface area contributed by atoms with Gasteiger partial charge in [-0.1, -0.05) is 18.2 Å². The lowest BCUT2D eigenvalue weighted by Crippen LogP contribution is -2.45. The summed E-state index contributed by atoms with van der Waals surface area (Å²) in [7, 11) is 5.73. The molecule has 0 unspecified atom stereocenters. The molecule has 0 radical (unpaired) electrons. The van der Waals surface area contributed by atoms with Crippen LogP contribution >= 0.6 is 0 Å². The zero-order chi connectivity index (χ0) is 28.7. The Morgan fingerprint density at radius 1 is 0.921 bits per heavy atom. The van der Waals surface area contributed by atoms with Gasteiger partial charge in [-0.15, -0.1) is 0 Å². The van der Waals surface area contributed by atoms with Crippen LogP contribution in [0.15, 0.2) is 30.5 Å². The van der Waals surface area contributed by atoms with E-state index in [4.69, 9.17) is 9.47 Å². The van der Waals surface area contributed by atoms with Crippen LogP contribution in [0.25, 0.3) is 10.9 Å². The molecule has 2 amide bonds. The molecule has 0 spiro atoms. The minimum atomic E-state index is -0.783. The van der Waals surface area contributed by atoms with Crippen molar-refractivity contribution in [3.63, 3.8) is 0 Å². The van der Waals surface area contributed by atoms with Gasteiger partial charge < -0.3 is 24.6 Å². The van der Waals surface area contributed by atoms with Crippen LogP contribution < -0.4 is 5.32 Å². The van der Waals surface area contributed by atoms with Crippen molar-refractivity contribution in [1.29, 1.82) is 0 Å². The summed E-state index contributed by atoms with van der Waals surface area (Å²) in [6.45, 7) is 12.2. The van der Waals surface area contributed by atoms with Crippen molar-refractivity contribution in [2.45, 2.75) is 84.5 Å². The highest BCUT2D eigenvalue weighted by atomic mass is 16.6. The van der Waals surface area contributed by atoms with Gasteiger partial charge in [-0.2, -0.15) is 0 Å². The predicted octanol–water partition coefficient (Wildman–Crippen LogP) is 5.32. The smallest absolute Gasteiger partial charge is 0.410 e. The number of para-hydroxylation sites is 1. The second kappa shape index (κ2) is 13.1. The number of carbonyl (C=O) groups excluding carboxylic acids is 3. The number of carbonyl (C=O) groups is 3. The molecule has 1 atom stereocenters. The van der Waals surface area contributed by atoms with E-state index in [2.05, 4.69) is 10.2 Å². The van der Waals surface area contributed by atoms with Crippen LogP contribution in [0, 0.1) is 0 Å². The molecule has 0 aliphatic rings. The first kappa shape index (κ1) is 31.1. The number of rotatable bonds is 10. The largest absolute Gasteiger partial charge is 0.444 e. The molecule has 2 rings (SSSR count). The number of ether oxygens (including phenoxy) is 2. The molecular formula is C29H46N4O5. The highest BCUT2D eigenvalue weighted by molar-refractivity contribution is 5.97. The monoisotopic (exact) mass is 530 g/mol. The van der Waals surface area contributed by atoms with Crippen LogP contribution in [0.2, 0.25) is 0 Å². The quantitative estimate of drug-likeness (QED) is 0.418. The van der Waals surface area contributed by atoms with Crippen LogP contribution in [0.1, 0.15) is 71.2 Å². The zero-order valence-electron chi connectivity index (χ0n) is 24.6. The number of amides is 2. The van der Waals surface area contributed by atoms with Crippen molar-refractivity contribution in [3.8, 4) is 0 Å². The number of hydrogen-bond acceptors (Lipinski definition) is 6. The molecule has 0 bridgehead atoms. The van der Waals surface area contributed by atoms with Gasteiger partial charge in [-0.3, -0.25) is 9.36 Å². The van der Waals surface area contributed by atoms with Crippen molar-refractivity contribution in [2.24, 2.45) is 0 Å². The molecule has 0 aliphatic carbocycles. The first-order chi connectivity index (χ1) is 17.6. The highest BCUT2D eigenvalue weighted by Gasteiger charge is 2.27. The van der Waals surface area contributed by atoms with Crippen LogP contribution in [0.3, 0.4) is 0 Å². The molecule has 212 valence electrons. The molecule has 2 aromatic rings. The Morgan fingerprint density at radius 2 is 1.55 bits per heavy atom. The van der Waals surface area contributed by atoms with Crippen LogP contribution in [0.4, 0.5) is 9.59 Å². The molecule has 9 heteroatoms. The first-order valence-corrected chi connectivity index (χ1v) is 13.3. The van der Waals surface area contributed by atoms with Crippen LogP contribution in [0.5, 0.6) is 0 Å². The summed E-state index contributed by atoms with van der Waals surface area (Å²) in [6.07, 6.45) is 3.33. The fraction of sp³-hybridized carbons (Fsp3) is 0.621. The van der Waals surface area contributed by atoms with Gasteiger partial charge in [-0.05, 0) is 93.0 Å². The molecule has 1 N–H and O–H groups in total. The molecule has 0 fully saturated rings. The summed E-state index contributed by atoms with van der Waals surface area (Å²) in [5.74, 6) is -0.219. The van der Waals surface area contributed by atoms with Crippen molar-refractivity contribution >= 4 is 29.0 Å². The van der Waals surface area contributed by atoms with E-state index in [1.165, 1.54) is 4.90 Å². The van der Waals surface area contributed by atoms with Gasteiger partial charge in [-0.25, -0.2) is 9.59 Å². The van der Waals surface area contributed by atoms with Crippen molar-refractivity contribution in [3.05, 3.63) is 36.0 Å². The number of fused-ring (bicyclic) bond motifs is 1. The maximum absolute atomic E-state index is 13.8. The maximum Gasteiger partial charge on any atom is 0.410 e. The lowest BCUT2D eigenvalue weighted by Gasteiger charge is -2.25. The third kappa shape index (κ3) is 10.0. The summed E-state index contributed by atoms with van der Waals surface area (Å²) in [6, 6.07) is 7.03. The SMILES string of the molecule is CN(C)CCc1cn(C(=O)[C@H](CCCCN(C)C(=O)OC(C)(C)C)NC(=O)OC(C)(C)C)c2ccccc12. The first-order valence-electron chi connectivity index (χ1n) is 13.3. The second-order valence-corrected chi connectivity index (χ2v) is 12.0. The lowest BCUT2D eigenvalue weighted by molar-refractivity contribution is 0.0295. The van der Waals surface area contributed by atoms with E-state index < -0.39 is 23.3 Å². The number of aromatic nitrogens is 1. The van der Waals surface area contributed by atoms with Crippen LogP contribution in [-0.4, -0.2) is 83.9 Å². The normalized spacial score (nSPS) is 12.9. The van der Waals surface area contributed by atoms with Crippen molar-refractivity contribution < 1.29 is 23.9 Å². The second-order valence-electron chi connectivity index (χ2n) is 12.0. The standard InChI is InChI=1S/C29H46N4O5/c1-28(2,3)37-26(35)30-23(15-12-13-18-32(9)27(36)38-29(4,5)6)25(34)33-20-21(17-19-31(7)8)22-14-10-11-16-24(22)33/h10-11,14,16,20,23H,12-13,15,17-19H2,1-9H3,(H,30,35)/t23-/m0/s1. The van der Waals surface area contributed by atoms with E-state index in [0.29, 0.717) is 25.8 Å². The molecule has 1 aromatic carbocycles. The number of nitrogens with zero attached hydrogens (tertiary/aromatic N) is 3. The van der Waals surface area contributed by atoms with Crippen molar-refractivity contribution in [2.75, 3.05) is 34.2 Å². The van der Waals surface area contributed by atoms with Gasteiger partial charge in [0.15, 0.2) is 0 Å². The predicted molar refractivity (Wildman–Crippen MR) is 151 cm³/mol. The third-order valence-electron chi connectivity index (χ3n) is 5.79. The minimum absolute atomic E-state index is 0.219. The van der Waals surface area contributed by atoms with Gasteiger partial charge in [0, 0.05) is 31.7 Å². The Morgan fingerprint density at radius 3 is 2.16 bits per heavy atom. The lowest BCUT2D eigenvalue weighted by atomic mass is 10.1. The average molecular weight is 531 g/mol. The summed E-state index contributed by atoms with van der Waals surface area (Å²) in [5.41, 5.74) is 0.642. The Balaban J connectivity index is 2.19. The molecule has 38 heavy (non-hydrogen) atoms. The Kier molecular flexibility index (Phi) is 10.8. The van der Waals surface area contributed by atoms with E-state index in [9.17, 15) is 14.4 Å². The Hall–Kier alpha value is -3.07. The Labute approximate surface area is 227 Å². The molecule has 1 aromatic heterocycles. The third-order valence-corrected chi connectivity index (χ3v) is 5.79. The summed E-state index contributed by atoms with van der Waals surface area (Å²) < 4.78 is 12.5. The molecular weight excluding hydrogens is 484 g/mol. The number of hydrogen-bond donors (Lipinski definition) is 1. The van der Waals surface area contributed by atoms with E-state index in [1.807, 2.05) is 65.3 Å². The van der Waals surface area contributed by atoms with Gasteiger partial charge in [0.25, 0.3) is 5.91 Å². The van der Waals surface area contributed by atoms with E-state index >= 15 is 0 Å². The molecule has 0 saturated carbocycles. The van der Waals surface area contributed by atoms with Gasteiger partial charge in [0.2, 0.25) is 0 Å². The average Bonchev–Trinajstić information content (AvgIpc) is 3.15. The number of likely N-dealkylation sites (N-methyl/N-ethyl adjacent to an activating group) is 1. The Bertz CT molecular complexity index is 1090. The molecule has 0 aliphatic heterocycles. The molecule has 9 nitrogen and oxygen atoms in total. The van der Waals surface area contributed by atoms with E-state index in [-0.39, 0.29) is 12.0 Å². The molecule has 0 saturated heterocycles. The van der Waals surface area contributed by atoms with E-state index in [1.54, 1.807) is 32.4 Å². The summed E-state index contributed by atoms with van der Waals surface area (Å²) in [5, 5.41) is 3.82. The molecule has 1 heterocycles. The summed E-state index contributed by atoms with van der Waals surface area (Å²) >= 11 is 0. The topological polar surface area (TPSA) is 93.1 Å². The maximum atomic E-state index is 13.8. The number of nitrogens with one attached hydrogen (secondary N) is 1.